The van der Waals surface area contributed by atoms with Gasteiger partial charge in [0, 0.05) is 6.04 Å². The minimum atomic E-state index is -0.797. The third-order valence-electron chi connectivity index (χ3n) is 3.16. The lowest BCUT2D eigenvalue weighted by molar-refractivity contribution is -0.139. The number of carboxylic acid groups (broad SMARTS) is 1. The molecule has 92 valence electrons. The molecular weight excluding hydrogens is 214 g/mol. The number of hydrogen-bond acceptors (Lipinski definition) is 2. The molecule has 1 saturated carbocycles. The Hall–Kier alpha value is -1.35. The lowest BCUT2D eigenvalue weighted by atomic mass is 9.99. The molecule has 0 bridgehead atoms. The molecule has 0 saturated heterocycles. The molecule has 3 heteroatoms. The molecule has 1 aromatic carbocycles. The fraction of sp³-hybridized carbons (Fsp3) is 0.500. The molecule has 3 nitrogen and oxygen atoms in total. The predicted octanol–water partition coefficient (Wildman–Crippen LogP) is 2.69. The standard InChI is InChI=1S/C14H19NO2/c1-9(2)10-3-5-11(6-4-10)13(14(16)17)15-12-7-8-12/h3-6,9,12-13,15H,7-8H2,1-2H3,(H,16,17). The Morgan fingerprint density at radius 2 is 1.76 bits per heavy atom. The summed E-state index contributed by atoms with van der Waals surface area (Å²) in [6.07, 6.45) is 2.18. The molecule has 2 rings (SSSR count). The molecule has 1 unspecified atom stereocenters. The van der Waals surface area contributed by atoms with E-state index in [0.717, 1.165) is 18.4 Å². The SMILES string of the molecule is CC(C)c1ccc(C(NC2CC2)C(=O)O)cc1. The van der Waals surface area contributed by atoms with Crippen molar-refractivity contribution in [2.24, 2.45) is 0 Å². The van der Waals surface area contributed by atoms with Gasteiger partial charge in [-0.25, -0.2) is 0 Å². The summed E-state index contributed by atoms with van der Waals surface area (Å²) in [5, 5.41) is 12.4. The fourth-order valence-corrected chi connectivity index (χ4v) is 1.87. The highest BCUT2D eigenvalue weighted by Crippen LogP contribution is 2.25. The van der Waals surface area contributed by atoms with Gasteiger partial charge in [-0.1, -0.05) is 38.1 Å². The van der Waals surface area contributed by atoms with E-state index in [1.54, 1.807) is 0 Å². The van der Waals surface area contributed by atoms with Crippen molar-refractivity contribution in [3.05, 3.63) is 35.4 Å². The van der Waals surface area contributed by atoms with Crippen LogP contribution in [-0.2, 0) is 4.79 Å². The van der Waals surface area contributed by atoms with Crippen LogP contribution in [0, 0.1) is 0 Å². The molecule has 1 fully saturated rings. The third-order valence-corrected chi connectivity index (χ3v) is 3.16. The van der Waals surface area contributed by atoms with Crippen LogP contribution >= 0.6 is 0 Å². The largest absolute Gasteiger partial charge is 0.480 e. The van der Waals surface area contributed by atoms with Gasteiger partial charge in [0.05, 0.1) is 0 Å². The Bertz CT molecular complexity index is 393. The number of carboxylic acids is 1. The number of hydrogen-bond donors (Lipinski definition) is 2. The van der Waals surface area contributed by atoms with Gasteiger partial charge in [-0.2, -0.15) is 0 Å². The second-order valence-corrected chi connectivity index (χ2v) is 5.03. The van der Waals surface area contributed by atoms with Crippen LogP contribution in [0.1, 0.15) is 49.8 Å². The molecule has 0 amide bonds. The monoisotopic (exact) mass is 233 g/mol. The topological polar surface area (TPSA) is 49.3 Å². The van der Waals surface area contributed by atoms with E-state index < -0.39 is 12.0 Å². The Labute approximate surface area is 102 Å². The minimum absolute atomic E-state index is 0.390. The molecular formula is C14H19NO2. The first-order chi connectivity index (χ1) is 8.08. The smallest absolute Gasteiger partial charge is 0.325 e. The van der Waals surface area contributed by atoms with Gasteiger partial charge in [-0.3, -0.25) is 10.1 Å². The first-order valence-electron chi connectivity index (χ1n) is 6.16. The van der Waals surface area contributed by atoms with Gasteiger partial charge < -0.3 is 5.11 Å². The lowest BCUT2D eigenvalue weighted by Gasteiger charge is -2.15. The minimum Gasteiger partial charge on any atom is -0.480 e. The van der Waals surface area contributed by atoms with Crippen molar-refractivity contribution in [3.63, 3.8) is 0 Å². The van der Waals surface area contributed by atoms with E-state index in [1.165, 1.54) is 5.56 Å². The Morgan fingerprint density at radius 1 is 1.24 bits per heavy atom. The second kappa shape index (κ2) is 4.88. The van der Waals surface area contributed by atoms with Crippen LogP contribution in [0.15, 0.2) is 24.3 Å². The summed E-state index contributed by atoms with van der Waals surface area (Å²) >= 11 is 0. The van der Waals surface area contributed by atoms with Crippen LogP contribution in [0.3, 0.4) is 0 Å². The molecule has 0 radical (unpaired) electrons. The molecule has 17 heavy (non-hydrogen) atoms. The lowest BCUT2D eigenvalue weighted by Crippen LogP contribution is -2.30. The molecule has 0 aliphatic heterocycles. The van der Waals surface area contributed by atoms with Crippen LogP contribution in [0.2, 0.25) is 0 Å². The number of nitrogens with one attached hydrogen (secondary N) is 1. The van der Waals surface area contributed by atoms with Gasteiger partial charge in [0.15, 0.2) is 0 Å². The highest BCUT2D eigenvalue weighted by Gasteiger charge is 2.29. The average molecular weight is 233 g/mol. The fourth-order valence-electron chi connectivity index (χ4n) is 1.87. The Kier molecular flexibility index (Phi) is 3.48. The number of carbonyl (C=O) groups is 1. The summed E-state index contributed by atoms with van der Waals surface area (Å²) in [7, 11) is 0. The van der Waals surface area contributed by atoms with E-state index in [0.29, 0.717) is 12.0 Å². The predicted molar refractivity (Wildman–Crippen MR) is 67.1 cm³/mol. The van der Waals surface area contributed by atoms with Gasteiger partial charge in [0.2, 0.25) is 0 Å². The van der Waals surface area contributed by atoms with Crippen molar-refractivity contribution in [1.29, 1.82) is 0 Å². The van der Waals surface area contributed by atoms with E-state index in [9.17, 15) is 9.90 Å². The quantitative estimate of drug-likeness (QED) is 0.822. The Balaban J connectivity index is 2.14. The van der Waals surface area contributed by atoms with Crippen molar-refractivity contribution >= 4 is 5.97 Å². The summed E-state index contributed by atoms with van der Waals surface area (Å²) in [5.74, 6) is -0.321. The van der Waals surface area contributed by atoms with Crippen LogP contribution in [0.4, 0.5) is 0 Å². The first-order valence-corrected chi connectivity index (χ1v) is 6.16. The van der Waals surface area contributed by atoms with Crippen molar-refractivity contribution < 1.29 is 9.90 Å². The van der Waals surface area contributed by atoms with Gasteiger partial charge in [0.25, 0.3) is 0 Å². The maximum Gasteiger partial charge on any atom is 0.325 e. The number of aliphatic carboxylic acids is 1. The summed E-state index contributed by atoms with van der Waals surface area (Å²) in [5.41, 5.74) is 2.08. The van der Waals surface area contributed by atoms with E-state index in [2.05, 4.69) is 19.2 Å². The second-order valence-electron chi connectivity index (χ2n) is 5.03. The highest BCUT2D eigenvalue weighted by molar-refractivity contribution is 5.75. The normalized spacial score (nSPS) is 17.1. The van der Waals surface area contributed by atoms with Crippen LogP contribution < -0.4 is 5.32 Å². The molecule has 0 spiro atoms. The van der Waals surface area contributed by atoms with Crippen LogP contribution in [-0.4, -0.2) is 17.1 Å². The highest BCUT2D eigenvalue weighted by atomic mass is 16.4. The summed E-state index contributed by atoms with van der Waals surface area (Å²) in [6, 6.07) is 7.70. The summed E-state index contributed by atoms with van der Waals surface area (Å²) in [4.78, 5) is 11.2. The zero-order valence-electron chi connectivity index (χ0n) is 10.3. The van der Waals surface area contributed by atoms with Gasteiger partial charge in [-0.05, 0) is 29.9 Å². The maximum atomic E-state index is 11.2. The van der Waals surface area contributed by atoms with Gasteiger partial charge in [-0.15, -0.1) is 0 Å². The Morgan fingerprint density at radius 3 is 2.18 bits per heavy atom. The molecule has 1 aliphatic carbocycles. The van der Waals surface area contributed by atoms with Crippen molar-refractivity contribution in [2.75, 3.05) is 0 Å². The third kappa shape index (κ3) is 3.07. The molecule has 0 heterocycles. The van der Waals surface area contributed by atoms with Crippen LogP contribution in [0.25, 0.3) is 0 Å². The van der Waals surface area contributed by atoms with Gasteiger partial charge >= 0.3 is 5.97 Å². The molecule has 1 aromatic rings. The number of benzene rings is 1. The van der Waals surface area contributed by atoms with E-state index in [4.69, 9.17) is 0 Å². The molecule has 2 N–H and O–H groups in total. The zero-order valence-corrected chi connectivity index (χ0v) is 10.3. The van der Waals surface area contributed by atoms with Crippen LogP contribution in [0.5, 0.6) is 0 Å². The van der Waals surface area contributed by atoms with Crippen molar-refractivity contribution in [1.82, 2.24) is 5.32 Å². The average Bonchev–Trinajstić information content (AvgIpc) is 3.09. The molecule has 0 aromatic heterocycles. The van der Waals surface area contributed by atoms with Crippen molar-refractivity contribution in [3.8, 4) is 0 Å². The summed E-state index contributed by atoms with van der Waals surface area (Å²) < 4.78 is 0. The van der Waals surface area contributed by atoms with Gasteiger partial charge in [0.1, 0.15) is 6.04 Å². The zero-order chi connectivity index (χ0) is 12.4. The number of rotatable bonds is 5. The van der Waals surface area contributed by atoms with E-state index in [-0.39, 0.29) is 0 Å². The summed E-state index contributed by atoms with van der Waals surface area (Å²) in [6.45, 7) is 4.26. The van der Waals surface area contributed by atoms with E-state index in [1.807, 2.05) is 24.3 Å². The van der Waals surface area contributed by atoms with Crippen molar-refractivity contribution in [2.45, 2.75) is 44.7 Å². The maximum absolute atomic E-state index is 11.2. The molecule has 1 atom stereocenters. The first kappa shape index (κ1) is 12.1. The molecule has 1 aliphatic rings. The van der Waals surface area contributed by atoms with E-state index >= 15 is 0 Å².